The Hall–Kier alpha value is -2.06. The number of hydrogen-bond donors (Lipinski definition) is 2. The minimum absolute atomic E-state index is 0.241. The first kappa shape index (κ1) is 16.3. The fraction of sp³-hybridized carbons (Fsp3) is 0.300. The van der Waals surface area contributed by atoms with E-state index in [2.05, 4.69) is 26.0 Å². The maximum Gasteiger partial charge on any atom is 0.122 e. The van der Waals surface area contributed by atoms with Gasteiger partial charge in [-0.05, 0) is 42.0 Å². The molecule has 0 saturated carbocycles. The normalized spacial score (nSPS) is 13.4. The predicted octanol–water partition coefficient (Wildman–Crippen LogP) is 4.43. The van der Waals surface area contributed by atoms with E-state index < -0.39 is 6.10 Å². The molecule has 2 rings (SSSR count). The summed E-state index contributed by atoms with van der Waals surface area (Å²) in [6.07, 6.45) is 2.81. The first-order chi connectivity index (χ1) is 10.6. The van der Waals surface area contributed by atoms with Crippen LogP contribution in [-0.4, -0.2) is 16.3 Å². The molecular formula is C20H24O2. The first-order valence-electron chi connectivity index (χ1n) is 7.76. The number of aliphatic hydroxyl groups is 1. The second-order valence-corrected chi connectivity index (χ2v) is 6.09. The number of phenolic OH excluding ortho intramolecular Hbond substituents is 1. The Morgan fingerprint density at radius 3 is 2.27 bits per heavy atom. The molecule has 2 nitrogen and oxygen atoms in total. The lowest BCUT2D eigenvalue weighted by Crippen LogP contribution is -2.15. The Labute approximate surface area is 132 Å². The lowest BCUT2D eigenvalue weighted by Gasteiger charge is -2.18. The lowest BCUT2D eigenvalue weighted by molar-refractivity contribution is 0.181. The molecular weight excluding hydrogens is 272 g/mol. The molecule has 0 aliphatic carbocycles. The van der Waals surface area contributed by atoms with Gasteiger partial charge >= 0.3 is 0 Å². The summed E-state index contributed by atoms with van der Waals surface area (Å²) in [5.41, 5.74) is 2.84. The fourth-order valence-corrected chi connectivity index (χ4v) is 2.50. The minimum Gasteiger partial charge on any atom is -0.507 e. The molecule has 0 aliphatic rings. The maximum atomic E-state index is 10.5. The second-order valence-electron chi connectivity index (χ2n) is 6.09. The average molecular weight is 296 g/mol. The highest BCUT2D eigenvalue weighted by molar-refractivity contribution is 5.60. The lowest BCUT2D eigenvalue weighted by atomic mass is 9.93. The quantitative estimate of drug-likeness (QED) is 0.828. The largest absolute Gasteiger partial charge is 0.507 e. The van der Waals surface area contributed by atoms with Gasteiger partial charge in [0.25, 0.3) is 0 Å². The molecule has 0 aliphatic heterocycles. The molecule has 2 N–H and O–H groups in total. The van der Waals surface area contributed by atoms with Crippen LogP contribution in [0.4, 0.5) is 0 Å². The van der Waals surface area contributed by atoms with Crippen LogP contribution in [0.25, 0.3) is 6.08 Å². The number of phenols is 1. The van der Waals surface area contributed by atoms with Gasteiger partial charge in [-0.2, -0.15) is 0 Å². The van der Waals surface area contributed by atoms with Gasteiger partial charge in [0.15, 0.2) is 0 Å². The molecule has 116 valence electrons. The van der Waals surface area contributed by atoms with E-state index in [1.165, 1.54) is 0 Å². The highest BCUT2D eigenvalue weighted by Crippen LogP contribution is 2.24. The van der Waals surface area contributed by atoms with Gasteiger partial charge in [0, 0.05) is 5.56 Å². The molecule has 1 unspecified atom stereocenters. The first-order valence-corrected chi connectivity index (χ1v) is 7.76. The van der Waals surface area contributed by atoms with Crippen LogP contribution in [0.1, 0.15) is 31.4 Å². The zero-order chi connectivity index (χ0) is 15.9. The van der Waals surface area contributed by atoms with Crippen molar-refractivity contribution in [2.45, 2.75) is 32.8 Å². The van der Waals surface area contributed by atoms with Crippen LogP contribution in [0.5, 0.6) is 5.75 Å². The number of benzene rings is 2. The molecule has 0 fully saturated rings. The van der Waals surface area contributed by atoms with E-state index in [0.29, 0.717) is 18.8 Å². The van der Waals surface area contributed by atoms with Crippen molar-refractivity contribution in [1.82, 2.24) is 0 Å². The van der Waals surface area contributed by atoms with Gasteiger partial charge < -0.3 is 10.2 Å². The van der Waals surface area contributed by atoms with E-state index in [-0.39, 0.29) is 5.75 Å². The van der Waals surface area contributed by atoms with Gasteiger partial charge in [0.1, 0.15) is 5.75 Å². The number of aliphatic hydroxyl groups excluding tert-OH is 1. The van der Waals surface area contributed by atoms with Gasteiger partial charge in [0.2, 0.25) is 0 Å². The van der Waals surface area contributed by atoms with Crippen LogP contribution >= 0.6 is 0 Å². The molecule has 0 saturated heterocycles. The molecule has 0 radical (unpaired) electrons. The molecule has 0 heterocycles. The second kappa shape index (κ2) is 7.81. The molecule has 2 heteroatoms. The maximum absolute atomic E-state index is 10.5. The Morgan fingerprint density at radius 2 is 1.64 bits per heavy atom. The van der Waals surface area contributed by atoms with E-state index in [0.717, 1.165) is 16.7 Å². The van der Waals surface area contributed by atoms with Gasteiger partial charge in [-0.1, -0.05) is 62.4 Å². The van der Waals surface area contributed by atoms with Crippen LogP contribution in [0, 0.1) is 5.92 Å². The minimum atomic E-state index is -0.500. The summed E-state index contributed by atoms with van der Waals surface area (Å²) in [5.74, 6) is 0.656. The van der Waals surface area contributed by atoms with Crippen molar-refractivity contribution < 1.29 is 10.2 Å². The van der Waals surface area contributed by atoms with Crippen LogP contribution in [0.3, 0.4) is 0 Å². The van der Waals surface area contributed by atoms with E-state index in [1.54, 1.807) is 12.1 Å². The summed E-state index contributed by atoms with van der Waals surface area (Å²) in [7, 11) is 0. The third-order valence-corrected chi connectivity index (χ3v) is 3.65. The van der Waals surface area contributed by atoms with E-state index in [1.807, 2.05) is 36.4 Å². The van der Waals surface area contributed by atoms with Crippen LogP contribution < -0.4 is 0 Å². The number of para-hydroxylation sites is 1. The van der Waals surface area contributed by atoms with Gasteiger partial charge in [-0.15, -0.1) is 0 Å². The van der Waals surface area contributed by atoms with Crippen molar-refractivity contribution in [3.8, 4) is 5.75 Å². The molecule has 0 amide bonds. The molecule has 22 heavy (non-hydrogen) atoms. The van der Waals surface area contributed by atoms with Crippen molar-refractivity contribution in [1.29, 1.82) is 0 Å². The van der Waals surface area contributed by atoms with E-state index in [4.69, 9.17) is 0 Å². The van der Waals surface area contributed by atoms with Crippen molar-refractivity contribution in [2.24, 2.45) is 5.92 Å². The summed E-state index contributed by atoms with van der Waals surface area (Å²) in [6, 6.07) is 17.3. The third-order valence-electron chi connectivity index (χ3n) is 3.65. The van der Waals surface area contributed by atoms with Crippen molar-refractivity contribution >= 4 is 6.08 Å². The summed E-state index contributed by atoms with van der Waals surface area (Å²) in [5, 5.41) is 20.5. The third kappa shape index (κ3) is 4.74. The molecule has 0 bridgehead atoms. The zero-order valence-electron chi connectivity index (χ0n) is 13.2. The molecule has 1 atom stereocenters. The van der Waals surface area contributed by atoms with Crippen molar-refractivity contribution in [3.05, 3.63) is 71.3 Å². The van der Waals surface area contributed by atoms with Crippen LogP contribution in [0.2, 0.25) is 0 Å². The Kier molecular flexibility index (Phi) is 5.79. The van der Waals surface area contributed by atoms with Crippen molar-refractivity contribution in [3.63, 3.8) is 0 Å². The van der Waals surface area contributed by atoms with Crippen molar-refractivity contribution in [2.75, 3.05) is 0 Å². The molecule has 2 aromatic carbocycles. The zero-order valence-corrected chi connectivity index (χ0v) is 13.2. The average Bonchev–Trinajstić information content (AvgIpc) is 2.49. The Morgan fingerprint density at radius 1 is 1.00 bits per heavy atom. The molecule has 0 spiro atoms. The number of rotatable bonds is 6. The highest BCUT2D eigenvalue weighted by atomic mass is 16.3. The van der Waals surface area contributed by atoms with Gasteiger partial charge in [-0.25, -0.2) is 0 Å². The number of hydrogen-bond acceptors (Lipinski definition) is 2. The Bertz CT molecular complexity index is 615. The SMILES string of the molecule is CC(C)CC(O)/C(=C\c1ccccc1O)Cc1ccccc1. The van der Waals surface area contributed by atoms with E-state index in [9.17, 15) is 10.2 Å². The topological polar surface area (TPSA) is 40.5 Å². The standard InChI is InChI=1S/C20H24O2/c1-15(2)12-20(22)18(13-16-8-4-3-5-9-16)14-17-10-6-7-11-19(17)21/h3-11,14-15,20-22H,12-13H2,1-2H3/b18-14-. The molecule has 2 aromatic rings. The Balaban J connectivity index is 2.30. The van der Waals surface area contributed by atoms with Gasteiger partial charge in [-0.3, -0.25) is 0 Å². The van der Waals surface area contributed by atoms with Gasteiger partial charge in [0.05, 0.1) is 6.10 Å². The monoisotopic (exact) mass is 296 g/mol. The summed E-state index contributed by atoms with van der Waals surface area (Å²) < 4.78 is 0. The smallest absolute Gasteiger partial charge is 0.122 e. The number of aromatic hydroxyl groups is 1. The summed E-state index contributed by atoms with van der Waals surface area (Å²) in [4.78, 5) is 0. The fourth-order valence-electron chi connectivity index (χ4n) is 2.50. The highest BCUT2D eigenvalue weighted by Gasteiger charge is 2.14. The van der Waals surface area contributed by atoms with Crippen LogP contribution in [-0.2, 0) is 6.42 Å². The summed E-state index contributed by atoms with van der Waals surface area (Å²) in [6.45, 7) is 4.20. The summed E-state index contributed by atoms with van der Waals surface area (Å²) >= 11 is 0. The molecule has 0 aromatic heterocycles. The van der Waals surface area contributed by atoms with Crippen LogP contribution in [0.15, 0.2) is 60.2 Å². The van der Waals surface area contributed by atoms with E-state index >= 15 is 0 Å². The predicted molar refractivity (Wildman–Crippen MR) is 91.7 cm³/mol.